The first-order chi connectivity index (χ1) is 9.29. The van der Waals surface area contributed by atoms with Gasteiger partial charge in [-0.25, -0.2) is 8.42 Å². The first kappa shape index (κ1) is 17.4. The van der Waals surface area contributed by atoms with Gasteiger partial charge in [0, 0.05) is 6.54 Å². The zero-order valence-corrected chi connectivity index (χ0v) is 13.3. The maximum atomic E-state index is 11.5. The van der Waals surface area contributed by atoms with Crippen LogP contribution in [0.3, 0.4) is 0 Å². The maximum Gasteiger partial charge on any atom is 0.237 e. The summed E-state index contributed by atoms with van der Waals surface area (Å²) in [4.78, 5) is 13.5. The molecule has 1 unspecified atom stereocenters. The summed E-state index contributed by atoms with van der Waals surface area (Å²) in [5, 5.41) is 2.97. The zero-order valence-electron chi connectivity index (χ0n) is 12.5. The van der Waals surface area contributed by atoms with E-state index in [-0.39, 0.29) is 11.7 Å². The van der Waals surface area contributed by atoms with Crippen LogP contribution in [0.15, 0.2) is 0 Å². The molecule has 1 saturated heterocycles. The van der Waals surface area contributed by atoms with Gasteiger partial charge < -0.3 is 16.0 Å². The van der Waals surface area contributed by atoms with E-state index in [1.807, 2.05) is 6.92 Å². The summed E-state index contributed by atoms with van der Waals surface area (Å²) in [6, 6.07) is 0. The molecule has 118 valence electrons. The molecule has 0 spiro atoms. The van der Waals surface area contributed by atoms with Gasteiger partial charge in [-0.3, -0.25) is 4.79 Å². The summed E-state index contributed by atoms with van der Waals surface area (Å²) in [6.45, 7) is 4.17. The number of sulfone groups is 1. The second kappa shape index (κ2) is 7.38. The standard InChI is InChI=1S/C13H27N3O3S/c1-13(15-2,12(14)17)6-3-4-7-16-8-5-10-20(18,19)11-9-16/h15H,3-11H2,1-2H3,(H2,14,17). The summed E-state index contributed by atoms with van der Waals surface area (Å²) in [5.41, 5.74) is 4.73. The van der Waals surface area contributed by atoms with Gasteiger partial charge in [0.2, 0.25) is 5.91 Å². The van der Waals surface area contributed by atoms with E-state index in [2.05, 4.69) is 10.2 Å². The lowest BCUT2D eigenvalue weighted by Gasteiger charge is -2.26. The van der Waals surface area contributed by atoms with Crippen LogP contribution in [0.2, 0.25) is 0 Å². The highest BCUT2D eigenvalue weighted by Gasteiger charge is 2.28. The Bertz CT molecular complexity index is 425. The largest absolute Gasteiger partial charge is 0.368 e. The Morgan fingerprint density at radius 3 is 2.60 bits per heavy atom. The molecule has 1 rings (SSSR count). The van der Waals surface area contributed by atoms with E-state index in [0.29, 0.717) is 18.7 Å². The first-order valence-corrected chi connectivity index (χ1v) is 9.03. The molecule has 20 heavy (non-hydrogen) atoms. The number of primary amides is 1. The van der Waals surface area contributed by atoms with E-state index in [0.717, 1.165) is 32.4 Å². The van der Waals surface area contributed by atoms with E-state index < -0.39 is 15.4 Å². The van der Waals surface area contributed by atoms with Crippen molar-refractivity contribution in [2.75, 3.05) is 38.2 Å². The Labute approximate surface area is 122 Å². The van der Waals surface area contributed by atoms with E-state index in [1.54, 1.807) is 7.05 Å². The molecule has 1 fully saturated rings. The minimum Gasteiger partial charge on any atom is -0.368 e. The third-order valence-corrected chi connectivity index (χ3v) is 5.86. The lowest BCUT2D eigenvalue weighted by Crippen LogP contribution is -2.51. The normalized spacial score (nSPS) is 22.9. The molecule has 0 aromatic heterocycles. The number of carbonyl (C=O) groups is 1. The van der Waals surface area contributed by atoms with Crippen LogP contribution in [0.25, 0.3) is 0 Å². The molecule has 0 radical (unpaired) electrons. The van der Waals surface area contributed by atoms with Crippen molar-refractivity contribution in [2.45, 2.75) is 38.1 Å². The van der Waals surface area contributed by atoms with Gasteiger partial charge in [-0.15, -0.1) is 0 Å². The number of nitrogens with two attached hydrogens (primary N) is 1. The van der Waals surface area contributed by atoms with Crippen molar-refractivity contribution in [1.82, 2.24) is 10.2 Å². The molecule has 1 aliphatic heterocycles. The topological polar surface area (TPSA) is 92.5 Å². The van der Waals surface area contributed by atoms with Gasteiger partial charge in [0.25, 0.3) is 0 Å². The van der Waals surface area contributed by atoms with Crippen molar-refractivity contribution in [3.63, 3.8) is 0 Å². The van der Waals surface area contributed by atoms with Gasteiger partial charge in [0.1, 0.15) is 0 Å². The highest BCUT2D eigenvalue weighted by Crippen LogP contribution is 2.14. The highest BCUT2D eigenvalue weighted by molar-refractivity contribution is 7.91. The molecule has 0 bridgehead atoms. The van der Waals surface area contributed by atoms with Crippen LogP contribution >= 0.6 is 0 Å². The van der Waals surface area contributed by atoms with Crippen LogP contribution in [-0.2, 0) is 14.6 Å². The number of rotatable bonds is 7. The molecule has 1 amide bonds. The molecule has 0 aromatic rings. The number of nitrogens with one attached hydrogen (secondary N) is 1. The number of amides is 1. The van der Waals surface area contributed by atoms with Gasteiger partial charge in [-0.2, -0.15) is 0 Å². The van der Waals surface area contributed by atoms with E-state index >= 15 is 0 Å². The lowest BCUT2D eigenvalue weighted by atomic mass is 9.94. The van der Waals surface area contributed by atoms with Crippen LogP contribution in [0, 0.1) is 0 Å². The predicted molar refractivity (Wildman–Crippen MR) is 80.2 cm³/mol. The Hall–Kier alpha value is -0.660. The third kappa shape index (κ3) is 5.38. The van der Waals surface area contributed by atoms with Gasteiger partial charge in [-0.1, -0.05) is 0 Å². The van der Waals surface area contributed by atoms with Crippen LogP contribution in [-0.4, -0.2) is 63.0 Å². The molecule has 0 aromatic carbocycles. The quantitative estimate of drug-likeness (QED) is 0.632. The number of unbranched alkanes of at least 4 members (excludes halogenated alkanes) is 1. The molecule has 0 aliphatic carbocycles. The summed E-state index contributed by atoms with van der Waals surface area (Å²) < 4.78 is 23.0. The van der Waals surface area contributed by atoms with Crippen LogP contribution in [0.4, 0.5) is 0 Å². The number of likely N-dealkylation sites (N-methyl/N-ethyl adjacent to an activating group) is 1. The first-order valence-electron chi connectivity index (χ1n) is 7.21. The molecular formula is C13H27N3O3S. The summed E-state index contributed by atoms with van der Waals surface area (Å²) in [7, 11) is -1.09. The Kier molecular flexibility index (Phi) is 6.42. The number of hydrogen-bond acceptors (Lipinski definition) is 5. The summed E-state index contributed by atoms with van der Waals surface area (Å²) in [6.07, 6.45) is 3.26. The summed E-state index contributed by atoms with van der Waals surface area (Å²) in [5.74, 6) is 0.242. The second-order valence-electron chi connectivity index (χ2n) is 5.75. The van der Waals surface area contributed by atoms with Crippen LogP contribution in [0.1, 0.15) is 32.6 Å². The molecule has 7 heteroatoms. The van der Waals surface area contributed by atoms with Gasteiger partial charge >= 0.3 is 0 Å². The average Bonchev–Trinajstić information content (AvgIpc) is 2.55. The maximum absolute atomic E-state index is 11.5. The monoisotopic (exact) mass is 305 g/mol. The fourth-order valence-electron chi connectivity index (χ4n) is 2.40. The van der Waals surface area contributed by atoms with Crippen LogP contribution < -0.4 is 11.1 Å². The molecule has 1 atom stereocenters. The number of hydrogen-bond donors (Lipinski definition) is 2. The van der Waals surface area contributed by atoms with Crippen molar-refractivity contribution >= 4 is 15.7 Å². The molecular weight excluding hydrogens is 278 g/mol. The Balaban J connectivity index is 2.29. The van der Waals surface area contributed by atoms with Crippen molar-refractivity contribution in [3.8, 4) is 0 Å². The minimum atomic E-state index is -2.83. The minimum absolute atomic E-state index is 0.266. The SMILES string of the molecule is CNC(C)(CCCCN1CCCS(=O)(=O)CC1)C(N)=O. The van der Waals surface area contributed by atoms with E-state index in [9.17, 15) is 13.2 Å². The fourth-order valence-corrected chi connectivity index (χ4v) is 3.71. The molecule has 1 heterocycles. The lowest BCUT2D eigenvalue weighted by molar-refractivity contribution is -0.123. The molecule has 1 aliphatic rings. The molecule has 0 saturated carbocycles. The number of nitrogens with zero attached hydrogens (tertiary/aromatic N) is 1. The highest BCUT2D eigenvalue weighted by atomic mass is 32.2. The Morgan fingerprint density at radius 2 is 2.00 bits per heavy atom. The van der Waals surface area contributed by atoms with Crippen molar-refractivity contribution in [3.05, 3.63) is 0 Å². The van der Waals surface area contributed by atoms with Crippen molar-refractivity contribution < 1.29 is 13.2 Å². The third-order valence-electron chi connectivity index (χ3n) is 4.14. The Morgan fingerprint density at radius 1 is 1.30 bits per heavy atom. The van der Waals surface area contributed by atoms with E-state index in [4.69, 9.17) is 5.73 Å². The average molecular weight is 305 g/mol. The summed E-state index contributed by atoms with van der Waals surface area (Å²) >= 11 is 0. The van der Waals surface area contributed by atoms with Crippen molar-refractivity contribution in [1.29, 1.82) is 0 Å². The van der Waals surface area contributed by atoms with Crippen molar-refractivity contribution in [2.24, 2.45) is 5.73 Å². The zero-order chi connectivity index (χ0) is 15.2. The predicted octanol–water partition coefficient (Wildman–Crippen LogP) is -0.259. The van der Waals surface area contributed by atoms with Gasteiger partial charge in [0.05, 0.1) is 17.0 Å². The second-order valence-corrected chi connectivity index (χ2v) is 8.05. The molecule has 6 nitrogen and oxygen atoms in total. The number of carbonyl (C=O) groups excluding carboxylic acids is 1. The van der Waals surface area contributed by atoms with Crippen LogP contribution in [0.5, 0.6) is 0 Å². The van der Waals surface area contributed by atoms with E-state index in [1.165, 1.54) is 0 Å². The van der Waals surface area contributed by atoms with Gasteiger partial charge in [0.15, 0.2) is 9.84 Å². The molecule has 3 N–H and O–H groups in total. The van der Waals surface area contributed by atoms with Gasteiger partial charge in [-0.05, 0) is 52.7 Å². The smallest absolute Gasteiger partial charge is 0.237 e. The fraction of sp³-hybridized carbons (Fsp3) is 0.923.